The van der Waals surface area contributed by atoms with E-state index in [-0.39, 0.29) is 23.9 Å². The summed E-state index contributed by atoms with van der Waals surface area (Å²) >= 11 is 0. The molecular formula is C21H23NO7. The number of carbonyl (C=O) groups is 4. The van der Waals surface area contributed by atoms with Gasteiger partial charge in [-0.3, -0.25) is 14.4 Å². The lowest BCUT2D eigenvalue weighted by Crippen LogP contribution is -2.34. The Morgan fingerprint density at radius 1 is 1.14 bits per heavy atom. The lowest BCUT2D eigenvalue weighted by molar-refractivity contribution is -0.157. The number of benzene rings is 1. The van der Waals surface area contributed by atoms with E-state index in [1.54, 1.807) is 24.3 Å². The molecule has 0 spiro atoms. The van der Waals surface area contributed by atoms with Gasteiger partial charge in [-0.1, -0.05) is 6.92 Å². The maximum Gasteiger partial charge on any atom is 0.338 e. The van der Waals surface area contributed by atoms with Crippen LogP contribution >= 0.6 is 0 Å². The molecule has 2 saturated carbocycles. The molecule has 1 aromatic rings. The number of ether oxygens (including phenoxy) is 3. The number of esters is 3. The van der Waals surface area contributed by atoms with E-state index >= 15 is 0 Å². The van der Waals surface area contributed by atoms with Crippen molar-refractivity contribution in [3.63, 3.8) is 0 Å². The summed E-state index contributed by atoms with van der Waals surface area (Å²) in [5, 5.41) is 2.61. The molecule has 4 rings (SSSR count). The minimum atomic E-state index is -0.510. The van der Waals surface area contributed by atoms with Gasteiger partial charge < -0.3 is 19.5 Å². The Morgan fingerprint density at radius 2 is 1.90 bits per heavy atom. The van der Waals surface area contributed by atoms with Crippen molar-refractivity contribution in [3.8, 4) is 0 Å². The van der Waals surface area contributed by atoms with E-state index in [4.69, 9.17) is 14.2 Å². The molecule has 1 amide bonds. The summed E-state index contributed by atoms with van der Waals surface area (Å²) in [7, 11) is 0. The van der Waals surface area contributed by atoms with Gasteiger partial charge in [-0.2, -0.15) is 0 Å². The molecule has 3 aliphatic rings. The van der Waals surface area contributed by atoms with E-state index < -0.39 is 36.3 Å². The number of fused-ring (bicyclic) bond motifs is 1. The third-order valence-corrected chi connectivity index (χ3v) is 5.94. The largest absolute Gasteiger partial charge is 0.462 e. The molecule has 0 unspecified atom stereocenters. The Balaban J connectivity index is 1.27. The highest BCUT2D eigenvalue weighted by molar-refractivity contribution is 5.95. The fourth-order valence-electron chi connectivity index (χ4n) is 4.72. The average Bonchev–Trinajstić information content (AvgIpc) is 3.33. The number of hydrogen-bond donors (Lipinski definition) is 1. The summed E-state index contributed by atoms with van der Waals surface area (Å²) in [4.78, 5) is 48.3. The Bertz CT molecular complexity index is 832. The van der Waals surface area contributed by atoms with Crippen LogP contribution in [0.5, 0.6) is 0 Å². The van der Waals surface area contributed by atoms with Gasteiger partial charge in [0.25, 0.3) is 5.91 Å². The lowest BCUT2D eigenvalue weighted by atomic mass is 9.80. The third kappa shape index (κ3) is 3.71. The first kappa shape index (κ1) is 19.4. The quantitative estimate of drug-likeness (QED) is 0.549. The standard InChI is InChI=1S/C21H23NO7/c1-2-7-27-19(24)11-3-5-13(6-4-11)22-16(23)10-28-20(25)17-12-8-14-15(9-12)29-21(26)18(14)17/h3-6,12,14-15,17-18H,2,7-10H2,1H3,(H,22,23)/t12-,14+,15+,17-,18+/m1/s1. The Morgan fingerprint density at radius 3 is 2.62 bits per heavy atom. The fraction of sp³-hybridized carbons (Fsp3) is 0.524. The molecule has 8 heteroatoms. The van der Waals surface area contributed by atoms with Crippen LogP contribution in [0.25, 0.3) is 0 Å². The molecule has 1 aliphatic heterocycles. The molecule has 5 atom stereocenters. The van der Waals surface area contributed by atoms with Gasteiger partial charge in [0.15, 0.2) is 6.61 Å². The second-order valence-electron chi connectivity index (χ2n) is 7.79. The average molecular weight is 401 g/mol. The van der Waals surface area contributed by atoms with Crippen LogP contribution in [0.2, 0.25) is 0 Å². The number of nitrogens with one attached hydrogen (secondary N) is 1. The third-order valence-electron chi connectivity index (χ3n) is 5.94. The van der Waals surface area contributed by atoms with Crippen LogP contribution in [0.4, 0.5) is 5.69 Å². The van der Waals surface area contributed by atoms with Crippen LogP contribution in [0.15, 0.2) is 24.3 Å². The van der Waals surface area contributed by atoms with Gasteiger partial charge in [-0.15, -0.1) is 0 Å². The number of rotatable bonds is 7. The van der Waals surface area contributed by atoms with Gasteiger partial charge in [0.1, 0.15) is 6.10 Å². The molecule has 1 N–H and O–H groups in total. The van der Waals surface area contributed by atoms with Crippen LogP contribution in [0.3, 0.4) is 0 Å². The van der Waals surface area contributed by atoms with Crippen molar-refractivity contribution in [1.82, 2.24) is 0 Å². The van der Waals surface area contributed by atoms with Crippen molar-refractivity contribution < 1.29 is 33.4 Å². The molecule has 8 nitrogen and oxygen atoms in total. The van der Waals surface area contributed by atoms with Crippen molar-refractivity contribution >= 4 is 29.5 Å². The zero-order valence-electron chi connectivity index (χ0n) is 16.1. The topological polar surface area (TPSA) is 108 Å². The van der Waals surface area contributed by atoms with Gasteiger partial charge in [0.05, 0.1) is 24.0 Å². The lowest BCUT2D eigenvalue weighted by Gasteiger charge is -2.22. The second kappa shape index (κ2) is 7.85. The van der Waals surface area contributed by atoms with Crippen molar-refractivity contribution in [2.45, 2.75) is 32.3 Å². The van der Waals surface area contributed by atoms with Crippen LogP contribution in [0, 0.1) is 23.7 Å². The van der Waals surface area contributed by atoms with E-state index in [0.717, 1.165) is 12.8 Å². The van der Waals surface area contributed by atoms with E-state index in [0.29, 0.717) is 24.3 Å². The number of anilines is 1. The van der Waals surface area contributed by atoms with Crippen molar-refractivity contribution in [2.75, 3.05) is 18.5 Å². The predicted molar refractivity (Wildman–Crippen MR) is 99.7 cm³/mol. The number of amides is 1. The predicted octanol–water partition coefficient (Wildman–Crippen LogP) is 1.93. The highest BCUT2D eigenvalue weighted by Gasteiger charge is 2.64. The molecule has 154 valence electrons. The van der Waals surface area contributed by atoms with Gasteiger partial charge in [0, 0.05) is 11.6 Å². The van der Waals surface area contributed by atoms with Gasteiger partial charge >= 0.3 is 17.9 Å². The Labute approximate surface area is 167 Å². The molecule has 1 aromatic carbocycles. The Kier molecular flexibility index (Phi) is 5.25. The minimum absolute atomic E-state index is 0.0490. The molecule has 3 fully saturated rings. The first-order chi connectivity index (χ1) is 14.0. The van der Waals surface area contributed by atoms with E-state index in [1.807, 2.05) is 6.92 Å². The first-order valence-electron chi connectivity index (χ1n) is 9.92. The SMILES string of the molecule is CCCOC(=O)c1ccc(NC(=O)COC(=O)[C@@H]2[C@@H]3C[C@@H]4[C@@H]2C(=O)O[C@H]4C3)cc1. The van der Waals surface area contributed by atoms with E-state index in [2.05, 4.69) is 5.32 Å². The van der Waals surface area contributed by atoms with Crippen LogP contribution in [-0.2, 0) is 28.6 Å². The molecule has 2 aliphatic carbocycles. The van der Waals surface area contributed by atoms with Crippen LogP contribution in [-0.4, -0.2) is 43.1 Å². The summed E-state index contributed by atoms with van der Waals surface area (Å²) in [6.07, 6.45) is 2.20. The zero-order valence-corrected chi connectivity index (χ0v) is 16.1. The first-order valence-corrected chi connectivity index (χ1v) is 9.92. The smallest absolute Gasteiger partial charge is 0.338 e. The van der Waals surface area contributed by atoms with Gasteiger partial charge in [-0.05, 0) is 49.4 Å². The van der Waals surface area contributed by atoms with E-state index in [1.165, 1.54) is 0 Å². The summed E-state index contributed by atoms with van der Waals surface area (Å²) in [5.74, 6) is -2.46. The summed E-state index contributed by atoms with van der Waals surface area (Å²) in [6, 6.07) is 6.26. The van der Waals surface area contributed by atoms with Crippen LogP contribution in [0.1, 0.15) is 36.5 Å². The zero-order chi connectivity index (χ0) is 20.5. The van der Waals surface area contributed by atoms with Crippen LogP contribution < -0.4 is 5.32 Å². The maximum atomic E-state index is 12.5. The molecule has 2 bridgehead atoms. The molecule has 0 radical (unpaired) electrons. The molecule has 1 heterocycles. The van der Waals surface area contributed by atoms with E-state index in [9.17, 15) is 19.2 Å². The van der Waals surface area contributed by atoms with Crippen molar-refractivity contribution in [2.24, 2.45) is 23.7 Å². The van der Waals surface area contributed by atoms with Gasteiger partial charge in [-0.25, -0.2) is 4.79 Å². The van der Waals surface area contributed by atoms with Crippen molar-refractivity contribution in [1.29, 1.82) is 0 Å². The minimum Gasteiger partial charge on any atom is -0.462 e. The highest BCUT2D eigenvalue weighted by atomic mass is 16.6. The number of hydrogen-bond acceptors (Lipinski definition) is 7. The molecule has 0 aromatic heterocycles. The Hall–Kier alpha value is -2.90. The normalized spacial score (nSPS) is 28.7. The van der Waals surface area contributed by atoms with Gasteiger partial charge in [0.2, 0.25) is 0 Å². The second-order valence-corrected chi connectivity index (χ2v) is 7.79. The monoisotopic (exact) mass is 401 g/mol. The molecular weight excluding hydrogens is 378 g/mol. The summed E-state index contributed by atoms with van der Waals surface area (Å²) in [6.45, 7) is 1.83. The summed E-state index contributed by atoms with van der Waals surface area (Å²) < 4.78 is 15.5. The summed E-state index contributed by atoms with van der Waals surface area (Å²) in [5.41, 5.74) is 0.862. The fourth-order valence-corrected chi connectivity index (χ4v) is 4.72. The number of carbonyl (C=O) groups excluding carboxylic acids is 4. The maximum absolute atomic E-state index is 12.5. The molecule has 1 saturated heterocycles. The molecule has 29 heavy (non-hydrogen) atoms. The highest BCUT2D eigenvalue weighted by Crippen LogP contribution is 2.57. The van der Waals surface area contributed by atoms with Crippen molar-refractivity contribution in [3.05, 3.63) is 29.8 Å².